The van der Waals surface area contributed by atoms with Gasteiger partial charge in [-0.25, -0.2) is 11.1 Å². The first-order chi connectivity index (χ1) is 24.6. The van der Waals surface area contributed by atoms with E-state index in [9.17, 15) is 43.9 Å². The quantitative estimate of drug-likeness (QED) is 0.0539. The molecule has 0 saturated heterocycles. The van der Waals surface area contributed by atoms with Gasteiger partial charge in [0.1, 0.15) is 8.96 Å². The maximum Gasteiger partial charge on any atom is 0.127 e. The van der Waals surface area contributed by atoms with Crippen LogP contribution in [0.15, 0.2) is 59.2 Å². The van der Waals surface area contributed by atoms with Gasteiger partial charge in [-0.05, 0) is 20.8 Å². The maximum atomic E-state index is 14.8. The van der Waals surface area contributed by atoms with Crippen molar-refractivity contribution in [3.05, 3.63) is 140 Å². The van der Waals surface area contributed by atoms with Crippen molar-refractivity contribution < 1.29 is 70.1 Å². The SMILES string of the molecule is CC1=C(c2c(F)c(F)c(F)c(F)c2F)c2ccc3ccccc3c2C1=Bc1c(F)c(F)c(F)c(F)c1F.C[C-]=C(C)C(C)=CC.C[Si](C)NC(C)(C)C.[Zr]. The van der Waals surface area contributed by atoms with E-state index in [4.69, 9.17) is 0 Å². The van der Waals surface area contributed by atoms with Crippen molar-refractivity contribution >= 4 is 43.2 Å². The van der Waals surface area contributed by atoms with Gasteiger partial charge >= 0.3 is 202 Å². The summed E-state index contributed by atoms with van der Waals surface area (Å²) in [7, 11) is -0.242. The molecular weight excluding hydrogens is 815 g/mol. The first-order valence-corrected chi connectivity index (χ1v) is 18.8. The molecule has 0 spiro atoms. The van der Waals surface area contributed by atoms with E-state index in [0.717, 1.165) is 0 Å². The van der Waals surface area contributed by atoms with Gasteiger partial charge in [-0.3, -0.25) is 6.08 Å². The van der Waals surface area contributed by atoms with Crippen LogP contribution >= 0.6 is 0 Å². The third kappa shape index (κ3) is 9.90. The van der Waals surface area contributed by atoms with Gasteiger partial charge in [0.05, 0.1) is 0 Å². The Bertz CT molecular complexity index is 2110. The van der Waals surface area contributed by atoms with Crippen LogP contribution in [0.25, 0.3) is 16.3 Å². The third-order valence-electron chi connectivity index (χ3n) is 8.26. The number of hydrogen-bond acceptors (Lipinski definition) is 1. The number of rotatable bonds is 4. The van der Waals surface area contributed by atoms with Gasteiger partial charge in [0.15, 0.2) is 0 Å². The predicted octanol–water partition coefficient (Wildman–Crippen LogP) is 11.0. The second kappa shape index (κ2) is 19.0. The van der Waals surface area contributed by atoms with Crippen LogP contribution in [0.3, 0.4) is 0 Å². The Labute approximate surface area is 331 Å². The normalized spacial score (nSPS) is 13.7. The van der Waals surface area contributed by atoms with Crippen LogP contribution in [0.4, 0.5) is 43.9 Å². The summed E-state index contributed by atoms with van der Waals surface area (Å²) in [5.41, 5.74) is -0.767. The molecule has 5 rings (SSSR count). The Hall–Kier alpha value is -3.35. The van der Waals surface area contributed by atoms with Crippen LogP contribution in [0.1, 0.15) is 72.1 Å². The number of fused-ring (bicyclic) bond motifs is 3. The first-order valence-electron chi connectivity index (χ1n) is 16.3. The Kier molecular flexibility index (Phi) is 16.5. The van der Waals surface area contributed by atoms with Crippen molar-refractivity contribution in [3.63, 3.8) is 0 Å². The molecule has 4 aromatic rings. The molecule has 54 heavy (non-hydrogen) atoms. The van der Waals surface area contributed by atoms with Crippen molar-refractivity contribution in [2.75, 3.05) is 0 Å². The average molecular weight is 853 g/mol. The molecular formula is C40H38BF10NSiZr-. The summed E-state index contributed by atoms with van der Waals surface area (Å²) in [6, 6.07) is 9.07. The number of halogens is 10. The topological polar surface area (TPSA) is 12.0 Å². The molecule has 0 atom stereocenters. The smallest absolute Gasteiger partial charge is 0.127 e. The van der Waals surface area contributed by atoms with Gasteiger partial charge in [0, 0.05) is 31.7 Å². The standard InChI is InChI=1S/C26H9BF10.C8H13.C6H16NSi.Zr/c1-8-12(14-17(28)21(32)25(36)22(33)18(14)29)11-7-6-9-4-2-3-5-10(9)13(11)15(8)27-16-19(30)23(34)26(37)24(35)20(16)31;1-5-7(3)8(4)6-2;1-6(2,3)7-8(4)5;/h2-7H,1H3;5H,1-4H3;7H,1-5H3;/q;-1;;. The molecule has 0 amide bonds. The van der Waals surface area contributed by atoms with Crippen molar-refractivity contribution in [1.82, 2.24) is 4.98 Å². The molecule has 0 aliphatic heterocycles. The monoisotopic (exact) mass is 851 g/mol. The van der Waals surface area contributed by atoms with Gasteiger partial charge in [-0.15, -0.1) is 13.8 Å². The number of benzene rings is 4. The van der Waals surface area contributed by atoms with Crippen LogP contribution in [-0.4, -0.2) is 26.9 Å². The first kappa shape index (κ1) is 46.8. The van der Waals surface area contributed by atoms with Crippen LogP contribution in [0.5, 0.6) is 0 Å². The summed E-state index contributed by atoms with van der Waals surface area (Å²) in [6.07, 6.45) is 5.15. The zero-order chi connectivity index (χ0) is 40.3. The van der Waals surface area contributed by atoms with Crippen molar-refractivity contribution in [2.24, 2.45) is 0 Å². The minimum Gasteiger partial charge on any atom is -0.334 e. The second-order valence-corrected chi connectivity index (χ2v) is 15.7. The molecule has 14 heteroatoms. The molecule has 0 heterocycles. The Balaban J connectivity index is 0.000000498. The fourth-order valence-electron chi connectivity index (χ4n) is 5.68. The molecule has 0 aromatic heterocycles. The molecule has 285 valence electrons. The molecule has 0 saturated carbocycles. The molecule has 0 fully saturated rings. The number of nitrogens with one attached hydrogen (secondary N) is 1. The average Bonchev–Trinajstić information content (AvgIpc) is 3.39. The zero-order valence-electron chi connectivity index (χ0n) is 31.4. The fourth-order valence-corrected chi connectivity index (χ4v) is 7.18. The molecule has 1 aliphatic carbocycles. The van der Waals surface area contributed by atoms with Crippen LogP contribution in [0.2, 0.25) is 13.1 Å². The minimum atomic E-state index is -2.39. The largest absolute Gasteiger partial charge is 0.334 e. The minimum absolute atomic E-state index is 0. The molecule has 1 aliphatic rings. The molecule has 0 unspecified atom stereocenters. The second-order valence-electron chi connectivity index (χ2n) is 13.4. The molecule has 1 radical (unpaired) electrons. The summed E-state index contributed by atoms with van der Waals surface area (Å²) >= 11 is 0. The van der Waals surface area contributed by atoms with Crippen LogP contribution in [-0.2, 0) is 26.2 Å². The molecule has 1 N–H and O–H groups in total. The number of hydrogen-bond donors (Lipinski definition) is 1. The third-order valence-corrected chi connectivity index (χ3v) is 9.51. The Morgan fingerprint density at radius 1 is 0.704 bits per heavy atom. The summed E-state index contributed by atoms with van der Waals surface area (Å²) < 4.78 is 142. The zero-order valence-corrected chi connectivity index (χ0v) is 34.9. The van der Waals surface area contributed by atoms with E-state index in [1.165, 1.54) is 36.3 Å². The number of allylic oxidation sites excluding steroid dienone is 5. The van der Waals surface area contributed by atoms with Crippen LogP contribution < -0.4 is 10.4 Å². The van der Waals surface area contributed by atoms with E-state index in [2.05, 4.69) is 64.8 Å². The molecule has 4 aromatic carbocycles. The summed E-state index contributed by atoms with van der Waals surface area (Å²) in [5, 5.41) is 0.837. The van der Waals surface area contributed by atoms with E-state index in [1.807, 2.05) is 13.8 Å². The van der Waals surface area contributed by atoms with E-state index in [-0.39, 0.29) is 57.3 Å². The molecule has 0 bridgehead atoms. The summed E-state index contributed by atoms with van der Waals surface area (Å²) in [5.74, 6) is -22.3. The van der Waals surface area contributed by atoms with Crippen molar-refractivity contribution in [3.8, 4) is 0 Å². The van der Waals surface area contributed by atoms with E-state index >= 15 is 0 Å². The van der Waals surface area contributed by atoms with Crippen molar-refractivity contribution in [2.45, 2.75) is 74.0 Å². The predicted molar refractivity (Wildman–Crippen MR) is 196 cm³/mol. The summed E-state index contributed by atoms with van der Waals surface area (Å²) in [4.78, 5) is 3.48. The Morgan fingerprint density at radius 2 is 1.17 bits per heavy atom. The Morgan fingerprint density at radius 3 is 1.57 bits per heavy atom. The van der Waals surface area contributed by atoms with Gasteiger partial charge in [-0.2, -0.15) is 6.08 Å². The van der Waals surface area contributed by atoms with Crippen molar-refractivity contribution in [1.29, 1.82) is 0 Å². The molecule has 1 nitrogen and oxygen atoms in total. The van der Waals surface area contributed by atoms with Gasteiger partial charge in [-0.1, -0.05) is 26.9 Å². The fraction of sp³-hybridized carbons (Fsp3) is 0.275. The van der Waals surface area contributed by atoms with Gasteiger partial charge < -0.3 is 4.98 Å². The summed E-state index contributed by atoms with van der Waals surface area (Å²) in [6.45, 7) is 21.0. The van der Waals surface area contributed by atoms with Gasteiger partial charge in [0.2, 0.25) is 0 Å². The van der Waals surface area contributed by atoms with Crippen LogP contribution in [0, 0.1) is 64.2 Å². The van der Waals surface area contributed by atoms with E-state index in [1.54, 1.807) is 18.2 Å². The van der Waals surface area contributed by atoms with E-state index in [0.29, 0.717) is 23.2 Å². The maximum absolute atomic E-state index is 14.8. The van der Waals surface area contributed by atoms with Gasteiger partial charge in [0.25, 0.3) is 0 Å². The van der Waals surface area contributed by atoms with E-state index < -0.39 is 74.8 Å².